The van der Waals surface area contributed by atoms with Gasteiger partial charge in [-0.15, -0.1) is 0 Å². The Morgan fingerprint density at radius 1 is 0.535 bits per heavy atom. The number of nitrogens with zero attached hydrogens (tertiary/aromatic N) is 1. The smallest absolute Gasteiger partial charge is 0.217 e. The third-order valence-electron chi connectivity index (χ3n) is 8.40. The number of rotatable bonds is 31. The highest BCUT2D eigenvalue weighted by Crippen LogP contribution is 2.16. The summed E-state index contributed by atoms with van der Waals surface area (Å²) in [6.45, 7) is 6.08. The predicted octanol–water partition coefficient (Wildman–Crippen LogP) is 9.06. The molecule has 2 atom stereocenters. The van der Waals surface area contributed by atoms with Crippen molar-refractivity contribution >= 4 is 10.4 Å². The fourth-order valence-electron chi connectivity index (χ4n) is 5.84. The number of quaternary nitrogens is 1. The Kier molecular flexibility index (Phi) is 33.1. The second-order valence-electron chi connectivity index (χ2n) is 13.5. The first-order chi connectivity index (χ1) is 20.5. The van der Waals surface area contributed by atoms with Crippen LogP contribution in [0.1, 0.15) is 181 Å². The van der Waals surface area contributed by atoms with Gasteiger partial charge < -0.3 is 19.2 Å². The van der Waals surface area contributed by atoms with E-state index in [1.165, 1.54) is 141 Å². The standard InChI is InChI=1S/C34H72NO2.CH4O4S/c1-5-7-9-11-13-15-17-19-21-23-25-27-29-33(36)31-35(3,4)32-34(37)30-28-26-24-22-20-18-16-14-12-10-8-6-2;1-5-6(2,3)4/h33-34,36-37H,5-32H2,1-4H3;1H3,(H,2,3,4)/q+1;/p-1. The molecule has 262 valence electrons. The molecule has 0 aromatic rings. The molecule has 0 aliphatic rings. The van der Waals surface area contributed by atoms with Crippen LogP contribution in [0.3, 0.4) is 0 Å². The maximum atomic E-state index is 10.6. The van der Waals surface area contributed by atoms with Gasteiger partial charge in [0.2, 0.25) is 10.4 Å². The number of hydrogen-bond donors (Lipinski definition) is 2. The molecule has 7 nitrogen and oxygen atoms in total. The quantitative estimate of drug-likeness (QED) is 0.0340. The summed E-state index contributed by atoms with van der Waals surface area (Å²) >= 11 is 0. The van der Waals surface area contributed by atoms with E-state index in [-0.39, 0.29) is 12.2 Å². The van der Waals surface area contributed by atoms with Crippen molar-refractivity contribution in [1.82, 2.24) is 0 Å². The van der Waals surface area contributed by atoms with Gasteiger partial charge in [-0.3, -0.25) is 4.18 Å². The van der Waals surface area contributed by atoms with Gasteiger partial charge in [-0.1, -0.05) is 168 Å². The molecule has 0 aromatic heterocycles. The molecule has 0 amide bonds. The minimum absolute atomic E-state index is 0.239. The van der Waals surface area contributed by atoms with Gasteiger partial charge in [0, 0.05) is 0 Å². The molecule has 0 radical (unpaired) electrons. The first-order valence-electron chi connectivity index (χ1n) is 18.2. The van der Waals surface area contributed by atoms with Crippen LogP contribution in [0.15, 0.2) is 0 Å². The van der Waals surface area contributed by atoms with Crippen LogP contribution in [-0.2, 0) is 14.6 Å². The Bertz CT molecular complexity index is 621. The van der Waals surface area contributed by atoms with E-state index < -0.39 is 10.4 Å². The van der Waals surface area contributed by atoms with Crippen molar-refractivity contribution in [3.05, 3.63) is 0 Å². The molecule has 0 heterocycles. The molecule has 8 heteroatoms. The van der Waals surface area contributed by atoms with Gasteiger partial charge in [-0.05, 0) is 12.8 Å². The second-order valence-corrected chi connectivity index (χ2v) is 14.7. The van der Waals surface area contributed by atoms with Gasteiger partial charge >= 0.3 is 0 Å². The molecule has 0 bridgehead atoms. The maximum Gasteiger partial charge on any atom is 0.217 e. The van der Waals surface area contributed by atoms with Crippen LogP contribution in [0.2, 0.25) is 0 Å². The van der Waals surface area contributed by atoms with E-state index >= 15 is 0 Å². The normalized spacial score (nSPS) is 13.5. The van der Waals surface area contributed by atoms with E-state index in [0.29, 0.717) is 0 Å². The van der Waals surface area contributed by atoms with Crippen molar-refractivity contribution in [2.45, 2.75) is 193 Å². The molecule has 0 saturated carbocycles. The average molecular weight is 638 g/mol. The number of aliphatic hydroxyl groups is 2. The SMILES string of the molecule is CCCCCCCCCCCCCCC(O)C[N+](C)(C)CC(O)CCCCCCCCCCCCCC.COS(=O)(=O)[O-]. The molecule has 0 spiro atoms. The summed E-state index contributed by atoms with van der Waals surface area (Å²) in [6.07, 6.45) is 33.9. The highest BCUT2D eigenvalue weighted by atomic mass is 32.3. The van der Waals surface area contributed by atoms with E-state index in [2.05, 4.69) is 32.1 Å². The van der Waals surface area contributed by atoms with Crippen LogP contribution in [0, 0.1) is 0 Å². The second kappa shape index (κ2) is 31.7. The lowest BCUT2D eigenvalue weighted by atomic mass is 10.0. The third-order valence-corrected chi connectivity index (χ3v) is 8.80. The number of likely N-dealkylation sites (N-methyl/N-ethyl adjacent to an activating group) is 1. The number of hydrogen-bond acceptors (Lipinski definition) is 6. The van der Waals surface area contributed by atoms with Crippen molar-refractivity contribution in [2.75, 3.05) is 34.3 Å². The topological polar surface area (TPSA) is 107 Å². The molecular formula is C35H75NO6S. The molecule has 2 unspecified atom stereocenters. The molecule has 0 aliphatic carbocycles. The third kappa shape index (κ3) is 39.7. The van der Waals surface area contributed by atoms with E-state index in [1.54, 1.807) is 0 Å². The summed E-state index contributed by atoms with van der Waals surface area (Å²) in [6, 6.07) is 0. The molecule has 0 aliphatic heterocycles. The zero-order chi connectivity index (χ0) is 32.7. The van der Waals surface area contributed by atoms with Crippen molar-refractivity contribution < 1.29 is 31.8 Å². The summed E-state index contributed by atoms with van der Waals surface area (Å²) in [7, 11) is 0.723. The zero-order valence-corrected chi connectivity index (χ0v) is 30.2. The van der Waals surface area contributed by atoms with E-state index in [1.807, 2.05) is 0 Å². The first-order valence-corrected chi connectivity index (χ1v) is 19.5. The van der Waals surface area contributed by atoms with E-state index in [0.717, 1.165) is 50.4 Å². The van der Waals surface area contributed by atoms with Gasteiger partial charge in [0.05, 0.1) is 21.2 Å². The first kappa shape index (κ1) is 44.9. The number of unbranched alkanes of at least 4 members (excludes halogenated alkanes) is 22. The van der Waals surface area contributed by atoms with Crippen molar-refractivity contribution in [3.8, 4) is 0 Å². The molecule has 2 N–H and O–H groups in total. The average Bonchev–Trinajstić information content (AvgIpc) is 2.93. The molecule has 0 fully saturated rings. The van der Waals surface area contributed by atoms with Crippen LogP contribution < -0.4 is 0 Å². The zero-order valence-electron chi connectivity index (χ0n) is 29.3. The van der Waals surface area contributed by atoms with Gasteiger partial charge in [0.1, 0.15) is 25.3 Å². The Balaban J connectivity index is 0. The largest absolute Gasteiger partial charge is 0.726 e. The summed E-state index contributed by atoms with van der Waals surface area (Å²) in [5, 5.41) is 21.1. The summed E-state index contributed by atoms with van der Waals surface area (Å²) in [5.41, 5.74) is 0. The van der Waals surface area contributed by atoms with Crippen molar-refractivity contribution in [2.24, 2.45) is 0 Å². The Labute approximate surface area is 269 Å². The highest BCUT2D eigenvalue weighted by Gasteiger charge is 2.23. The Hall–Kier alpha value is -0.250. The molecule has 0 saturated heterocycles. The monoisotopic (exact) mass is 638 g/mol. The van der Waals surface area contributed by atoms with Gasteiger partial charge in [-0.25, -0.2) is 8.42 Å². The lowest BCUT2D eigenvalue weighted by Gasteiger charge is -2.33. The molecular weight excluding hydrogens is 562 g/mol. The Morgan fingerprint density at radius 2 is 0.744 bits per heavy atom. The highest BCUT2D eigenvalue weighted by molar-refractivity contribution is 7.80. The van der Waals surface area contributed by atoms with Crippen LogP contribution in [0.5, 0.6) is 0 Å². The van der Waals surface area contributed by atoms with Crippen LogP contribution in [-0.4, -0.2) is 74.2 Å². The summed E-state index contributed by atoms with van der Waals surface area (Å²) < 4.78 is 31.7. The van der Waals surface area contributed by atoms with Crippen LogP contribution >= 0.6 is 0 Å². The Morgan fingerprint density at radius 3 is 0.953 bits per heavy atom. The lowest BCUT2D eigenvalue weighted by molar-refractivity contribution is -0.896. The van der Waals surface area contributed by atoms with Crippen LogP contribution in [0.4, 0.5) is 0 Å². The van der Waals surface area contributed by atoms with Gasteiger partial charge in [0.15, 0.2) is 0 Å². The summed E-state index contributed by atoms with van der Waals surface area (Å²) in [4.78, 5) is 0. The fraction of sp³-hybridized carbons (Fsp3) is 1.00. The van der Waals surface area contributed by atoms with E-state index in [9.17, 15) is 23.2 Å². The minimum Gasteiger partial charge on any atom is -0.726 e. The minimum atomic E-state index is -4.41. The maximum absolute atomic E-state index is 10.6. The molecule has 0 aromatic carbocycles. The van der Waals surface area contributed by atoms with Gasteiger partial charge in [-0.2, -0.15) is 0 Å². The fourth-order valence-corrected chi connectivity index (χ4v) is 5.84. The van der Waals surface area contributed by atoms with Crippen molar-refractivity contribution in [3.63, 3.8) is 0 Å². The lowest BCUT2D eigenvalue weighted by Crippen LogP contribution is -2.49. The number of aliphatic hydroxyl groups excluding tert-OH is 2. The predicted molar refractivity (Wildman–Crippen MR) is 182 cm³/mol. The van der Waals surface area contributed by atoms with Gasteiger partial charge in [0.25, 0.3) is 0 Å². The van der Waals surface area contributed by atoms with E-state index in [4.69, 9.17) is 0 Å². The van der Waals surface area contributed by atoms with Crippen LogP contribution in [0.25, 0.3) is 0 Å². The van der Waals surface area contributed by atoms with Crippen molar-refractivity contribution in [1.29, 1.82) is 0 Å². The molecule has 43 heavy (non-hydrogen) atoms. The summed E-state index contributed by atoms with van der Waals surface area (Å²) in [5.74, 6) is 0. The molecule has 0 rings (SSSR count).